The molecule has 16 heavy (non-hydrogen) atoms. The third-order valence-electron chi connectivity index (χ3n) is 2.56. The summed E-state index contributed by atoms with van der Waals surface area (Å²) in [5, 5.41) is 0. The lowest BCUT2D eigenvalue weighted by Crippen LogP contribution is -2.17. The first-order valence-corrected chi connectivity index (χ1v) is 6.33. The summed E-state index contributed by atoms with van der Waals surface area (Å²) in [5.41, 5.74) is 0. The van der Waals surface area contributed by atoms with Crippen molar-refractivity contribution in [3.8, 4) is 0 Å². The molecule has 0 aromatic heterocycles. The fourth-order valence-corrected chi connectivity index (χ4v) is 1.67. The molecule has 0 N–H and O–H groups in total. The largest absolute Gasteiger partial charge is 0.455 e. The van der Waals surface area contributed by atoms with E-state index in [1.165, 1.54) is 39.0 Å². The summed E-state index contributed by atoms with van der Waals surface area (Å²) >= 11 is 0. The van der Waals surface area contributed by atoms with Gasteiger partial charge in [0, 0.05) is 6.92 Å². The summed E-state index contributed by atoms with van der Waals surface area (Å²) in [7, 11) is 0. The van der Waals surface area contributed by atoms with Gasteiger partial charge in [0.15, 0.2) is 12.4 Å². The molecule has 0 aliphatic carbocycles. The number of aldehydes is 1. The molecule has 94 valence electrons. The smallest absolute Gasteiger partial charge is 0.303 e. The van der Waals surface area contributed by atoms with Crippen molar-refractivity contribution in [2.45, 2.75) is 71.3 Å². The number of hydrogen-bond acceptors (Lipinski definition) is 3. The third kappa shape index (κ3) is 9.69. The van der Waals surface area contributed by atoms with E-state index in [4.69, 9.17) is 4.74 Å². The molecule has 0 radical (unpaired) electrons. The van der Waals surface area contributed by atoms with Crippen LogP contribution in [0.5, 0.6) is 0 Å². The van der Waals surface area contributed by atoms with Gasteiger partial charge in [-0.05, 0) is 12.8 Å². The Morgan fingerprint density at radius 2 is 1.69 bits per heavy atom. The van der Waals surface area contributed by atoms with Crippen LogP contribution in [-0.4, -0.2) is 18.4 Å². The minimum atomic E-state index is -0.534. The van der Waals surface area contributed by atoms with Gasteiger partial charge in [-0.2, -0.15) is 0 Å². The maximum Gasteiger partial charge on any atom is 0.303 e. The van der Waals surface area contributed by atoms with Crippen molar-refractivity contribution in [1.29, 1.82) is 0 Å². The predicted molar refractivity (Wildman–Crippen MR) is 64.2 cm³/mol. The zero-order valence-electron chi connectivity index (χ0n) is 10.5. The second-order valence-electron chi connectivity index (χ2n) is 4.19. The molecular formula is C13H24O3. The first-order chi connectivity index (χ1) is 7.70. The number of rotatable bonds is 10. The summed E-state index contributed by atoms with van der Waals surface area (Å²) in [6, 6.07) is 0. The number of esters is 1. The van der Waals surface area contributed by atoms with E-state index in [0.29, 0.717) is 6.42 Å². The average molecular weight is 228 g/mol. The molecule has 0 saturated heterocycles. The summed E-state index contributed by atoms with van der Waals surface area (Å²) in [5.74, 6) is -0.375. The lowest BCUT2D eigenvalue weighted by atomic mass is 10.1. The van der Waals surface area contributed by atoms with Crippen molar-refractivity contribution in [2.24, 2.45) is 0 Å². The van der Waals surface area contributed by atoms with Crippen molar-refractivity contribution in [1.82, 2.24) is 0 Å². The number of hydrogen-bond donors (Lipinski definition) is 0. The fourth-order valence-electron chi connectivity index (χ4n) is 1.67. The lowest BCUT2D eigenvalue weighted by molar-refractivity contribution is -0.149. The van der Waals surface area contributed by atoms with Crippen LogP contribution in [0.1, 0.15) is 65.2 Å². The van der Waals surface area contributed by atoms with Crippen LogP contribution in [0, 0.1) is 0 Å². The van der Waals surface area contributed by atoms with Gasteiger partial charge >= 0.3 is 5.97 Å². The molecule has 0 aliphatic rings. The molecule has 0 aliphatic heterocycles. The van der Waals surface area contributed by atoms with E-state index in [1.54, 1.807) is 0 Å². The Labute approximate surface area is 98.6 Å². The number of ether oxygens (including phenoxy) is 1. The Bertz CT molecular complexity index is 190. The van der Waals surface area contributed by atoms with E-state index in [2.05, 4.69) is 6.92 Å². The van der Waals surface area contributed by atoms with Crippen LogP contribution >= 0.6 is 0 Å². The van der Waals surface area contributed by atoms with E-state index >= 15 is 0 Å². The van der Waals surface area contributed by atoms with E-state index < -0.39 is 6.10 Å². The van der Waals surface area contributed by atoms with E-state index in [1.807, 2.05) is 0 Å². The molecule has 0 fully saturated rings. The predicted octanol–water partition coefficient (Wildman–Crippen LogP) is 3.26. The minimum absolute atomic E-state index is 0.375. The van der Waals surface area contributed by atoms with Gasteiger partial charge in [0.05, 0.1) is 0 Å². The van der Waals surface area contributed by atoms with Gasteiger partial charge < -0.3 is 4.74 Å². The number of carbonyl (C=O) groups excluding carboxylic acids is 2. The molecule has 0 bridgehead atoms. The van der Waals surface area contributed by atoms with Gasteiger partial charge in [0.2, 0.25) is 0 Å². The second-order valence-corrected chi connectivity index (χ2v) is 4.19. The Hall–Kier alpha value is -0.860. The molecule has 3 heteroatoms. The van der Waals surface area contributed by atoms with Crippen LogP contribution in [0.15, 0.2) is 0 Å². The molecule has 0 aromatic rings. The highest BCUT2D eigenvalue weighted by Gasteiger charge is 2.09. The van der Waals surface area contributed by atoms with Gasteiger partial charge in [-0.25, -0.2) is 0 Å². The Morgan fingerprint density at radius 3 is 2.19 bits per heavy atom. The second kappa shape index (κ2) is 10.7. The van der Waals surface area contributed by atoms with Crippen LogP contribution in [-0.2, 0) is 14.3 Å². The van der Waals surface area contributed by atoms with Crippen LogP contribution in [0.3, 0.4) is 0 Å². The Morgan fingerprint density at radius 1 is 1.12 bits per heavy atom. The zero-order valence-corrected chi connectivity index (χ0v) is 10.5. The van der Waals surface area contributed by atoms with Crippen molar-refractivity contribution in [2.75, 3.05) is 0 Å². The summed E-state index contributed by atoms with van der Waals surface area (Å²) < 4.78 is 4.84. The van der Waals surface area contributed by atoms with E-state index in [-0.39, 0.29) is 5.97 Å². The normalized spacial score (nSPS) is 12.1. The average Bonchev–Trinajstić information content (AvgIpc) is 2.25. The maximum absolute atomic E-state index is 10.6. The van der Waals surface area contributed by atoms with Crippen LogP contribution in [0.4, 0.5) is 0 Å². The molecule has 3 nitrogen and oxygen atoms in total. The standard InChI is InChI=1S/C13H24O3/c1-3-4-5-6-7-8-9-10-13(11-14)16-12(2)15/h11,13H,3-10H2,1-2H3. The molecule has 0 amide bonds. The van der Waals surface area contributed by atoms with Crippen molar-refractivity contribution < 1.29 is 14.3 Å². The van der Waals surface area contributed by atoms with Gasteiger partial charge in [0.25, 0.3) is 0 Å². The van der Waals surface area contributed by atoms with Crippen molar-refractivity contribution in [3.63, 3.8) is 0 Å². The van der Waals surface area contributed by atoms with E-state index in [9.17, 15) is 9.59 Å². The number of unbranched alkanes of at least 4 members (excludes halogenated alkanes) is 6. The summed E-state index contributed by atoms with van der Waals surface area (Å²) in [6.45, 7) is 3.54. The van der Waals surface area contributed by atoms with Gasteiger partial charge in [-0.15, -0.1) is 0 Å². The quantitative estimate of drug-likeness (QED) is 0.327. The van der Waals surface area contributed by atoms with Crippen LogP contribution < -0.4 is 0 Å². The molecule has 0 spiro atoms. The molecule has 1 unspecified atom stereocenters. The Kier molecular flexibility index (Phi) is 10.1. The highest BCUT2D eigenvalue weighted by molar-refractivity contribution is 5.69. The molecule has 1 atom stereocenters. The highest BCUT2D eigenvalue weighted by Crippen LogP contribution is 2.10. The van der Waals surface area contributed by atoms with Crippen LogP contribution in [0.25, 0.3) is 0 Å². The third-order valence-corrected chi connectivity index (χ3v) is 2.56. The SMILES string of the molecule is CCCCCCCCCC(C=O)OC(C)=O. The fraction of sp³-hybridized carbons (Fsp3) is 0.846. The molecule has 0 heterocycles. The molecule has 0 rings (SSSR count). The lowest BCUT2D eigenvalue weighted by Gasteiger charge is -2.09. The first kappa shape index (κ1) is 15.1. The molecular weight excluding hydrogens is 204 g/mol. The van der Waals surface area contributed by atoms with Crippen LogP contribution in [0.2, 0.25) is 0 Å². The van der Waals surface area contributed by atoms with Gasteiger partial charge in [-0.3, -0.25) is 9.59 Å². The van der Waals surface area contributed by atoms with Gasteiger partial charge in [-0.1, -0.05) is 45.4 Å². The monoisotopic (exact) mass is 228 g/mol. The summed E-state index contributed by atoms with van der Waals surface area (Å²) in [6.07, 6.45) is 9.29. The molecule has 0 saturated carbocycles. The van der Waals surface area contributed by atoms with Crippen molar-refractivity contribution >= 4 is 12.3 Å². The summed E-state index contributed by atoms with van der Waals surface area (Å²) in [4.78, 5) is 21.2. The topological polar surface area (TPSA) is 43.4 Å². The zero-order chi connectivity index (χ0) is 12.2. The number of carbonyl (C=O) groups is 2. The van der Waals surface area contributed by atoms with Gasteiger partial charge in [0.1, 0.15) is 0 Å². The first-order valence-electron chi connectivity index (χ1n) is 6.33. The Balaban J connectivity index is 3.34. The van der Waals surface area contributed by atoms with Crippen molar-refractivity contribution in [3.05, 3.63) is 0 Å². The minimum Gasteiger partial charge on any atom is -0.455 e. The maximum atomic E-state index is 10.6. The van der Waals surface area contributed by atoms with E-state index in [0.717, 1.165) is 19.1 Å². The highest BCUT2D eigenvalue weighted by atomic mass is 16.5. The molecule has 0 aromatic carbocycles.